The van der Waals surface area contributed by atoms with E-state index in [9.17, 15) is 9.59 Å². The van der Waals surface area contributed by atoms with Crippen LogP contribution in [0, 0.1) is 0 Å². The summed E-state index contributed by atoms with van der Waals surface area (Å²) in [6, 6.07) is 16.4. The lowest BCUT2D eigenvalue weighted by Gasteiger charge is -2.26. The first kappa shape index (κ1) is 16.8. The van der Waals surface area contributed by atoms with Crippen molar-refractivity contribution in [1.29, 1.82) is 0 Å². The molecule has 2 aromatic rings. The number of carbonyl (C=O) groups excluding carboxylic acids is 2. The quantitative estimate of drug-likeness (QED) is 0.841. The predicted octanol–water partition coefficient (Wildman–Crippen LogP) is 2.85. The van der Waals surface area contributed by atoms with Crippen LogP contribution in [0.5, 0.6) is 0 Å². The second kappa shape index (κ2) is 7.30. The van der Waals surface area contributed by atoms with Crippen molar-refractivity contribution in [2.75, 3.05) is 19.7 Å². The molecule has 5 heteroatoms. The number of alkyl carbamates (subject to hydrolysis) is 1. The zero-order valence-corrected chi connectivity index (χ0v) is 14.5. The van der Waals surface area contributed by atoms with Crippen LogP contribution in [0.2, 0.25) is 0 Å². The van der Waals surface area contributed by atoms with Crippen LogP contribution in [0.3, 0.4) is 0 Å². The zero-order chi connectivity index (χ0) is 17.9. The van der Waals surface area contributed by atoms with Crippen LogP contribution in [0.4, 0.5) is 4.79 Å². The molecule has 0 bridgehead atoms. The molecule has 0 saturated carbocycles. The summed E-state index contributed by atoms with van der Waals surface area (Å²) in [5.74, 6) is 0.198. The Morgan fingerprint density at radius 1 is 1.04 bits per heavy atom. The Bertz CT molecular complexity index is 784. The van der Waals surface area contributed by atoms with Crippen LogP contribution in [0.1, 0.15) is 29.9 Å². The first-order chi connectivity index (χ1) is 12.7. The number of Topliss-reactive ketones (excluding diaryl/α,β-unsaturated/α-hetero) is 1. The molecule has 1 amide bonds. The summed E-state index contributed by atoms with van der Waals surface area (Å²) >= 11 is 0. The highest BCUT2D eigenvalue weighted by molar-refractivity contribution is 5.85. The normalized spacial score (nSPS) is 17.8. The number of hydrogen-bond acceptors (Lipinski definition) is 4. The second-order valence-electron chi connectivity index (χ2n) is 6.76. The fraction of sp³-hybridized carbons (Fsp3) is 0.333. The average molecular weight is 350 g/mol. The van der Waals surface area contributed by atoms with E-state index < -0.39 is 6.09 Å². The van der Waals surface area contributed by atoms with E-state index in [1.807, 2.05) is 24.3 Å². The van der Waals surface area contributed by atoms with Crippen molar-refractivity contribution in [2.45, 2.75) is 24.8 Å². The molecule has 1 aliphatic heterocycles. The van der Waals surface area contributed by atoms with E-state index in [0.717, 1.165) is 13.0 Å². The minimum absolute atomic E-state index is 0.0284. The van der Waals surface area contributed by atoms with Crippen LogP contribution < -0.4 is 10.6 Å². The molecule has 1 aliphatic carbocycles. The molecule has 0 spiro atoms. The molecule has 1 heterocycles. The van der Waals surface area contributed by atoms with E-state index in [1.165, 1.54) is 22.3 Å². The number of ether oxygens (including phenoxy) is 1. The SMILES string of the molecule is O=C(NCCC(=O)C1CCN1)OCC1c2ccccc2-c2ccccc21. The predicted molar refractivity (Wildman–Crippen MR) is 99.1 cm³/mol. The summed E-state index contributed by atoms with van der Waals surface area (Å²) < 4.78 is 5.45. The average Bonchev–Trinajstić information content (AvgIpc) is 2.92. The van der Waals surface area contributed by atoms with E-state index in [1.54, 1.807) is 0 Å². The summed E-state index contributed by atoms with van der Waals surface area (Å²) in [5.41, 5.74) is 4.78. The Labute approximate surface area is 152 Å². The molecule has 0 aromatic heterocycles. The highest BCUT2D eigenvalue weighted by Crippen LogP contribution is 2.44. The van der Waals surface area contributed by atoms with Gasteiger partial charge in [-0.3, -0.25) is 4.79 Å². The third-order valence-electron chi connectivity index (χ3n) is 5.20. The third kappa shape index (κ3) is 3.22. The number of ketones is 1. The minimum atomic E-state index is -0.471. The van der Waals surface area contributed by atoms with E-state index in [4.69, 9.17) is 4.74 Å². The van der Waals surface area contributed by atoms with Gasteiger partial charge in [0.15, 0.2) is 5.78 Å². The fourth-order valence-corrected chi connectivity index (χ4v) is 3.67. The molecule has 134 valence electrons. The van der Waals surface area contributed by atoms with Crippen LogP contribution in [0.25, 0.3) is 11.1 Å². The van der Waals surface area contributed by atoms with Gasteiger partial charge in [0.1, 0.15) is 6.61 Å². The summed E-state index contributed by atoms with van der Waals surface area (Å²) in [6.07, 6.45) is 0.757. The van der Waals surface area contributed by atoms with E-state index in [-0.39, 0.29) is 24.3 Å². The summed E-state index contributed by atoms with van der Waals surface area (Å²) in [7, 11) is 0. The monoisotopic (exact) mass is 350 g/mol. The number of benzene rings is 2. The molecule has 5 nitrogen and oxygen atoms in total. The van der Waals surface area contributed by atoms with Crippen LogP contribution in [0.15, 0.2) is 48.5 Å². The Morgan fingerprint density at radius 2 is 1.65 bits per heavy atom. The lowest BCUT2D eigenvalue weighted by Crippen LogP contribution is -2.49. The fourth-order valence-electron chi connectivity index (χ4n) is 3.67. The van der Waals surface area contributed by atoms with Gasteiger partial charge in [-0.2, -0.15) is 0 Å². The van der Waals surface area contributed by atoms with Crippen molar-refractivity contribution in [2.24, 2.45) is 0 Å². The lowest BCUT2D eigenvalue weighted by atomic mass is 9.98. The Morgan fingerprint density at radius 3 is 2.23 bits per heavy atom. The number of nitrogens with one attached hydrogen (secondary N) is 2. The first-order valence-electron chi connectivity index (χ1n) is 9.09. The molecular weight excluding hydrogens is 328 g/mol. The smallest absolute Gasteiger partial charge is 0.407 e. The minimum Gasteiger partial charge on any atom is -0.449 e. The maximum Gasteiger partial charge on any atom is 0.407 e. The van der Waals surface area contributed by atoms with Gasteiger partial charge in [-0.25, -0.2) is 4.79 Å². The number of carbonyl (C=O) groups is 2. The molecular formula is C21H22N2O3. The maximum atomic E-state index is 12.0. The molecule has 4 rings (SSSR count). The molecule has 1 unspecified atom stereocenters. The maximum absolute atomic E-state index is 12.0. The van der Waals surface area contributed by atoms with Crippen molar-refractivity contribution in [1.82, 2.24) is 10.6 Å². The molecule has 2 N–H and O–H groups in total. The van der Waals surface area contributed by atoms with Crippen molar-refractivity contribution < 1.29 is 14.3 Å². The first-order valence-corrected chi connectivity index (χ1v) is 9.09. The third-order valence-corrected chi connectivity index (χ3v) is 5.20. The molecule has 1 fully saturated rings. The highest BCUT2D eigenvalue weighted by atomic mass is 16.5. The van der Waals surface area contributed by atoms with Gasteiger partial charge in [0, 0.05) is 18.9 Å². The molecule has 26 heavy (non-hydrogen) atoms. The highest BCUT2D eigenvalue weighted by Gasteiger charge is 2.29. The van der Waals surface area contributed by atoms with Gasteiger partial charge in [0.2, 0.25) is 0 Å². The van der Waals surface area contributed by atoms with E-state index in [0.29, 0.717) is 13.0 Å². The van der Waals surface area contributed by atoms with Gasteiger partial charge in [0.25, 0.3) is 0 Å². The van der Waals surface area contributed by atoms with Gasteiger partial charge in [-0.15, -0.1) is 0 Å². The van der Waals surface area contributed by atoms with Gasteiger partial charge < -0.3 is 15.4 Å². The van der Waals surface area contributed by atoms with E-state index >= 15 is 0 Å². The standard InChI is InChI=1S/C21H22N2O3/c24-20(19-9-11-22-19)10-12-23-21(25)26-13-18-16-7-3-1-5-14(16)15-6-2-4-8-17(15)18/h1-8,18-19,22H,9-13H2,(H,23,25). The topological polar surface area (TPSA) is 67.4 Å². The summed E-state index contributed by atoms with van der Waals surface area (Å²) in [5, 5.41) is 5.75. The molecule has 1 atom stereocenters. The molecule has 0 radical (unpaired) electrons. The van der Waals surface area contributed by atoms with Gasteiger partial charge in [-0.1, -0.05) is 48.5 Å². The second-order valence-corrected chi connectivity index (χ2v) is 6.76. The Kier molecular flexibility index (Phi) is 4.71. The van der Waals surface area contributed by atoms with Crippen LogP contribution in [-0.2, 0) is 9.53 Å². The largest absolute Gasteiger partial charge is 0.449 e. The van der Waals surface area contributed by atoms with Gasteiger partial charge in [0.05, 0.1) is 6.04 Å². The van der Waals surface area contributed by atoms with Gasteiger partial charge >= 0.3 is 6.09 Å². The van der Waals surface area contributed by atoms with Crippen molar-refractivity contribution in [3.63, 3.8) is 0 Å². The van der Waals surface area contributed by atoms with Crippen molar-refractivity contribution in [3.05, 3.63) is 59.7 Å². The number of amides is 1. The number of rotatable bonds is 6. The molecule has 2 aliphatic rings. The van der Waals surface area contributed by atoms with Crippen LogP contribution in [-0.4, -0.2) is 37.6 Å². The summed E-state index contributed by atoms with van der Waals surface area (Å²) in [6.45, 7) is 1.50. The Balaban J connectivity index is 1.33. The lowest BCUT2D eigenvalue weighted by molar-refractivity contribution is -0.122. The zero-order valence-electron chi connectivity index (χ0n) is 14.5. The van der Waals surface area contributed by atoms with Crippen LogP contribution >= 0.6 is 0 Å². The summed E-state index contributed by atoms with van der Waals surface area (Å²) in [4.78, 5) is 23.8. The Hall–Kier alpha value is -2.66. The van der Waals surface area contributed by atoms with Gasteiger partial charge in [-0.05, 0) is 35.2 Å². The number of hydrogen-bond donors (Lipinski definition) is 2. The van der Waals surface area contributed by atoms with Crippen molar-refractivity contribution >= 4 is 11.9 Å². The molecule has 2 aromatic carbocycles. The molecule has 1 saturated heterocycles. The number of fused-ring (bicyclic) bond motifs is 3. The van der Waals surface area contributed by atoms with Crippen molar-refractivity contribution in [3.8, 4) is 11.1 Å². The van der Waals surface area contributed by atoms with E-state index in [2.05, 4.69) is 34.9 Å².